The van der Waals surface area contributed by atoms with Gasteiger partial charge in [-0.15, -0.1) is 14.8 Å². The molecule has 2 aromatic heterocycles. The van der Waals surface area contributed by atoms with E-state index >= 15 is 0 Å². The Morgan fingerprint density at radius 3 is 3.09 bits per heavy atom. The van der Waals surface area contributed by atoms with Gasteiger partial charge in [0.1, 0.15) is 0 Å². The molecular weight excluding hydrogens is 142 g/mol. The van der Waals surface area contributed by atoms with Gasteiger partial charge in [-0.3, -0.25) is 0 Å². The van der Waals surface area contributed by atoms with Gasteiger partial charge in [0.2, 0.25) is 0 Å². The molecule has 2 rings (SSSR count). The zero-order chi connectivity index (χ0) is 7.84. The first-order valence-corrected chi connectivity index (χ1v) is 3.22. The average Bonchev–Trinajstić information content (AvgIpc) is 2.30. The molecule has 0 radical (unpaired) electrons. The number of hydrogen-bond donors (Lipinski definition) is 1. The fourth-order valence-electron chi connectivity index (χ4n) is 0.955. The summed E-state index contributed by atoms with van der Waals surface area (Å²) in [5.41, 5.74) is 7.40. The minimum absolute atomic E-state index is 0.505. The van der Waals surface area contributed by atoms with Crippen LogP contribution in [0.3, 0.4) is 0 Å². The smallest absolute Gasteiger partial charge is 0.151 e. The van der Waals surface area contributed by atoms with Crippen LogP contribution < -0.4 is 5.73 Å². The quantitative estimate of drug-likeness (QED) is 0.573. The molecule has 0 bridgehead atoms. The molecule has 0 fully saturated rings. The highest BCUT2D eigenvalue weighted by Gasteiger charge is 2.03. The summed E-state index contributed by atoms with van der Waals surface area (Å²) < 4.78 is 1.42. The second-order valence-electron chi connectivity index (χ2n) is 2.31. The third kappa shape index (κ3) is 0.739. The fraction of sp³-hybridized carbons (Fsp3) is 0.167. The molecule has 0 aromatic carbocycles. The van der Waals surface area contributed by atoms with Crippen LogP contribution in [-0.4, -0.2) is 20.0 Å². The van der Waals surface area contributed by atoms with E-state index in [-0.39, 0.29) is 0 Å². The average molecular weight is 149 g/mol. The molecule has 5 heteroatoms. The zero-order valence-electron chi connectivity index (χ0n) is 6.02. The molecule has 2 N–H and O–H groups in total. The van der Waals surface area contributed by atoms with Crippen LogP contribution >= 0.6 is 0 Å². The third-order valence-corrected chi connectivity index (χ3v) is 1.62. The molecule has 0 saturated heterocycles. The van der Waals surface area contributed by atoms with Gasteiger partial charge in [-0.05, 0) is 18.2 Å². The Kier molecular flexibility index (Phi) is 1.06. The van der Waals surface area contributed by atoms with Crippen LogP contribution in [0.4, 0.5) is 5.82 Å². The topological polar surface area (TPSA) is 69.1 Å². The van der Waals surface area contributed by atoms with Crippen molar-refractivity contribution < 1.29 is 0 Å². The number of nitrogens with two attached hydrogens (primary N) is 1. The van der Waals surface area contributed by atoms with Crippen molar-refractivity contribution >= 4 is 11.3 Å². The normalized spacial score (nSPS) is 10.6. The lowest BCUT2D eigenvalue weighted by Crippen LogP contribution is -1.95. The Balaban J connectivity index is 2.92. The van der Waals surface area contributed by atoms with E-state index in [2.05, 4.69) is 15.4 Å². The Labute approximate surface area is 62.8 Å². The Morgan fingerprint density at radius 1 is 1.55 bits per heavy atom. The lowest BCUT2D eigenvalue weighted by atomic mass is 10.3. The van der Waals surface area contributed by atoms with Crippen LogP contribution in [0, 0.1) is 6.92 Å². The van der Waals surface area contributed by atoms with Gasteiger partial charge < -0.3 is 5.73 Å². The fourth-order valence-corrected chi connectivity index (χ4v) is 0.955. The number of hydrogen-bond acceptors (Lipinski definition) is 4. The lowest BCUT2D eigenvalue weighted by Gasteiger charge is -1.86. The molecule has 0 aliphatic heterocycles. The predicted molar refractivity (Wildman–Crippen MR) is 39.9 cm³/mol. The number of aryl methyl sites for hydroxylation is 1. The van der Waals surface area contributed by atoms with Gasteiger partial charge in [-0.2, -0.15) is 0 Å². The standard InChI is InChI=1S/C6H7N5/c1-4-5-2-3-8-10-11(5)9-6(4)7/h2-3H,1H3,(H2,7,9). The SMILES string of the molecule is Cc1c(N)nn2nnccc12. The van der Waals surface area contributed by atoms with E-state index in [4.69, 9.17) is 5.73 Å². The number of nitrogens with zero attached hydrogens (tertiary/aromatic N) is 4. The summed E-state index contributed by atoms with van der Waals surface area (Å²) in [6, 6.07) is 1.83. The van der Waals surface area contributed by atoms with E-state index in [0.717, 1.165) is 11.1 Å². The van der Waals surface area contributed by atoms with Gasteiger partial charge in [-0.25, -0.2) is 0 Å². The van der Waals surface area contributed by atoms with Crippen LogP contribution in [-0.2, 0) is 0 Å². The molecule has 0 unspecified atom stereocenters. The van der Waals surface area contributed by atoms with E-state index in [1.807, 2.05) is 13.0 Å². The second-order valence-corrected chi connectivity index (χ2v) is 2.31. The summed E-state index contributed by atoms with van der Waals surface area (Å²) in [7, 11) is 0. The molecule has 0 aliphatic rings. The molecule has 2 aromatic rings. The summed E-state index contributed by atoms with van der Waals surface area (Å²) in [6.07, 6.45) is 1.61. The van der Waals surface area contributed by atoms with Crippen molar-refractivity contribution in [1.29, 1.82) is 0 Å². The van der Waals surface area contributed by atoms with Crippen LogP contribution in [0.2, 0.25) is 0 Å². The van der Waals surface area contributed by atoms with Crippen molar-refractivity contribution in [2.75, 3.05) is 5.73 Å². The molecule has 0 aliphatic carbocycles. The van der Waals surface area contributed by atoms with Crippen molar-refractivity contribution in [1.82, 2.24) is 20.0 Å². The Bertz CT molecular complexity index is 391. The van der Waals surface area contributed by atoms with Crippen molar-refractivity contribution in [3.8, 4) is 0 Å². The first kappa shape index (κ1) is 6.09. The molecule has 0 saturated carbocycles. The van der Waals surface area contributed by atoms with Gasteiger partial charge in [0.15, 0.2) is 5.82 Å². The molecule has 0 spiro atoms. The van der Waals surface area contributed by atoms with Crippen molar-refractivity contribution in [3.05, 3.63) is 17.8 Å². The highest BCUT2D eigenvalue weighted by Crippen LogP contribution is 2.12. The number of anilines is 1. The van der Waals surface area contributed by atoms with Gasteiger partial charge in [0.25, 0.3) is 0 Å². The van der Waals surface area contributed by atoms with E-state index in [1.54, 1.807) is 6.20 Å². The second kappa shape index (κ2) is 1.91. The molecule has 11 heavy (non-hydrogen) atoms. The van der Waals surface area contributed by atoms with Crippen molar-refractivity contribution in [2.45, 2.75) is 6.92 Å². The molecule has 0 atom stereocenters. The maximum atomic E-state index is 5.55. The van der Waals surface area contributed by atoms with Crippen molar-refractivity contribution in [3.63, 3.8) is 0 Å². The van der Waals surface area contributed by atoms with Gasteiger partial charge in [-0.1, -0.05) is 0 Å². The summed E-state index contributed by atoms with van der Waals surface area (Å²) in [6.45, 7) is 1.90. The predicted octanol–water partition coefficient (Wildman–Crippen LogP) is 0.0149. The summed E-state index contributed by atoms with van der Waals surface area (Å²) in [5, 5.41) is 11.3. The van der Waals surface area contributed by atoms with Crippen LogP contribution in [0.25, 0.3) is 5.52 Å². The highest BCUT2D eigenvalue weighted by molar-refractivity contribution is 5.61. The van der Waals surface area contributed by atoms with Crippen LogP contribution in [0.15, 0.2) is 12.3 Å². The van der Waals surface area contributed by atoms with Gasteiger partial charge >= 0.3 is 0 Å². The Hall–Kier alpha value is -1.65. The van der Waals surface area contributed by atoms with E-state index in [0.29, 0.717) is 5.82 Å². The highest BCUT2D eigenvalue weighted by atomic mass is 15.5. The molecule has 56 valence electrons. The minimum atomic E-state index is 0.505. The zero-order valence-corrected chi connectivity index (χ0v) is 6.02. The molecule has 0 amide bonds. The largest absolute Gasteiger partial charge is 0.382 e. The monoisotopic (exact) mass is 149 g/mol. The summed E-state index contributed by atoms with van der Waals surface area (Å²) in [4.78, 5) is 0. The molecular formula is C6H7N5. The molecule has 5 nitrogen and oxygen atoms in total. The number of nitrogen functional groups attached to an aromatic ring is 1. The maximum Gasteiger partial charge on any atom is 0.151 e. The lowest BCUT2D eigenvalue weighted by molar-refractivity contribution is 0.721. The van der Waals surface area contributed by atoms with Gasteiger partial charge in [0.05, 0.1) is 11.7 Å². The first-order valence-electron chi connectivity index (χ1n) is 3.22. The van der Waals surface area contributed by atoms with E-state index < -0.39 is 0 Å². The van der Waals surface area contributed by atoms with Crippen molar-refractivity contribution in [2.24, 2.45) is 0 Å². The van der Waals surface area contributed by atoms with E-state index in [1.165, 1.54) is 4.63 Å². The van der Waals surface area contributed by atoms with Crippen LogP contribution in [0.1, 0.15) is 5.56 Å². The van der Waals surface area contributed by atoms with Gasteiger partial charge in [0, 0.05) is 5.56 Å². The van der Waals surface area contributed by atoms with E-state index in [9.17, 15) is 0 Å². The summed E-state index contributed by atoms with van der Waals surface area (Å²) in [5.74, 6) is 0.505. The Morgan fingerprint density at radius 2 is 2.36 bits per heavy atom. The summed E-state index contributed by atoms with van der Waals surface area (Å²) >= 11 is 0. The van der Waals surface area contributed by atoms with Crippen LogP contribution in [0.5, 0.6) is 0 Å². The third-order valence-electron chi connectivity index (χ3n) is 1.62. The molecule has 2 heterocycles. The minimum Gasteiger partial charge on any atom is -0.382 e. The number of rotatable bonds is 0. The first-order chi connectivity index (χ1) is 5.29. The maximum absolute atomic E-state index is 5.55. The number of fused-ring (bicyclic) bond motifs is 1. The number of aromatic nitrogens is 4.